The molecule has 1 rings (SSSR count). The van der Waals surface area contributed by atoms with E-state index < -0.39 is 11.9 Å². The van der Waals surface area contributed by atoms with Crippen LogP contribution in [0.3, 0.4) is 0 Å². The van der Waals surface area contributed by atoms with Crippen molar-refractivity contribution in [3.05, 3.63) is 30.1 Å². The van der Waals surface area contributed by atoms with Crippen LogP contribution in [-0.2, 0) is 9.53 Å². The molecular weight excluding hydrogens is 249 g/mol. The first-order chi connectivity index (χ1) is 9.19. The van der Waals surface area contributed by atoms with Gasteiger partial charge in [0, 0.05) is 6.42 Å². The highest BCUT2D eigenvalue weighted by molar-refractivity contribution is 5.75. The monoisotopic (exact) mass is 269 g/mol. The smallest absolute Gasteiger partial charge is 0.323 e. The first-order valence-corrected chi connectivity index (χ1v) is 6.46. The second-order valence-corrected chi connectivity index (χ2v) is 3.93. The van der Waals surface area contributed by atoms with E-state index in [1.54, 1.807) is 25.1 Å². The van der Waals surface area contributed by atoms with Gasteiger partial charge in [-0.15, -0.1) is 0 Å². The molecule has 0 saturated carbocycles. The Labute approximate surface area is 112 Å². The summed E-state index contributed by atoms with van der Waals surface area (Å²) < 4.78 is 23.6. The Kier molecular flexibility index (Phi) is 6.89. The minimum atomic E-state index is -0.420. The number of carbonyl (C=O) groups is 1. The van der Waals surface area contributed by atoms with E-state index in [0.717, 1.165) is 0 Å². The van der Waals surface area contributed by atoms with Crippen LogP contribution in [0.4, 0.5) is 4.39 Å². The molecule has 19 heavy (non-hydrogen) atoms. The number of para-hydroxylation sites is 1. The average Bonchev–Trinajstić information content (AvgIpc) is 2.40. The second-order valence-electron chi connectivity index (χ2n) is 3.93. The van der Waals surface area contributed by atoms with Gasteiger partial charge in [-0.3, -0.25) is 4.79 Å². The number of hydrogen-bond donors (Lipinski definition) is 1. The molecule has 0 aliphatic carbocycles. The molecule has 0 fully saturated rings. The van der Waals surface area contributed by atoms with Gasteiger partial charge in [0.25, 0.3) is 0 Å². The topological polar surface area (TPSA) is 47.6 Å². The summed E-state index contributed by atoms with van der Waals surface area (Å²) in [6.07, 6.45) is 0.432. The first kappa shape index (κ1) is 15.4. The predicted octanol–water partition coefficient (Wildman–Crippen LogP) is 2.14. The maximum atomic E-state index is 13.3. The Hall–Kier alpha value is -1.62. The molecule has 1 aromatic rings. The van der Waals surface area contributed by atoms with Crippen LogP contribution in [0.5, 0.6) is 5.75 Å². The third-order valence-corrected chi connectivity index (χ3v) is 2.52. The lowest BCUT2D eigenvalue weighted by Gasteiger charge is -2.16. The third-order valence-electron chi connectivity index (χ3n) is 2.52. The van der Waals surface area contributed by atoms with Crippen LogP contribution in [0.2, 0.25) is 0 Å². The largest absolute Gasteiger partial charge is 0.490 e. The normalized spacial score (nSPS) is 11.9. The third kappa shape index (κ3) is 5.26. The van der Waals surface area contributed by atoms with Gasteiger partial charge in [0.2, 0.25) is 0 Å². The van der Waals surface area contributed by atoms with Crippen molar-refractivity contribution in [2.24, 2.45) is 0 Å². The lowest BCUT2D eigenvalue weighted by molar-refractivity contribution is -0.146. The molecule has 0 radical (unpaired) electrons. The van der Waals surface area contributed by atoms with Gasteiger partial charge in [-0.1, -0.05) is 19.1 Å². The van der Waals surface area contributed by atoms with Gasteiger partial charge in [0.05, 0.1) is 13.2 Å². The zero-order valence-corrected chi connectivity index (χ0v) is 11.3. The number of likely N-dealkylation sites (N-methyl/N-ethyl adjacent to an activating group) is 1. The fraction of sp³-hybridized carbons (Fsp3) is 0.500. The summed E-state index contributed by atoms with van der Waals surface area (Å²) in [5.74, 6) is -0.512. The Morgan fingerprint density at radius 3 is 2.74 bits per heavy atom. The summed E-state index contributed by atoms with van der Waals surface area (Å²) in [6, 6.07) is 5.77. The Bertz CT molecular complexity index is 398. The van der Waals surface area contributed by atoms with Gasteiger partial charge in [-0.25, -0.2) is 4.39 Å². The van der Waals surface area contributed by atoms with Crippen molar-refractivity contribution >= 4 is 5.97 Å². The number of hydrogen-bond acceptors (Lipinski definition) is 4. The minimum Gasteiger partial charge on any atom is -0.490 e. The number of carbonyl (C=O) groups excluding carboxylic acids is 1. The summed E-state index contributed by atoms with van der Waals surface area (Å²) in [4.78, 5) is 11.6. The fourth-order valence-electron chi connectivity index (χ4n) is 1.64. The Balaban J connectivity index is 2.44. The van der Waals surface area contributed by atoms with Crippen molar-refractivity contribution in [3.63, 3.8) is 0 Å². The number of ether oxygens (including phenoxy) is 2. The summed E-state index contributed by atoms with van der Waals surface area (Å²) >= 11 is 0. The van der Waals surface area contributed by atoms with Crippen molar-refractivity contribution in [1.82, 2.24) is 5.32 Å². The number of nitrogens with one attached hydrogen (secondary N) is 1. The maximum Gasteiger partial charge on any atom is 0.323 e. The lowest BCUT2D eigenvalue weighted by atomic mass is 10.2. The average molecular weight is 269 g/mol. The van der Waals surface area contributed by atoms with Crippen molar-refractivity contribution in [1.29, 1.82) is 0 Å². The van der Waals surface area contributed by atoms with E-state index in [1.165, 1.54) is 6.07 Å². The molecule has 5 heteroatoms. The molecule has 0 amide bonds. The number of halogens is 1. The Morgan fingerprint density at radius 2 is 2.11 bits per heavy atom. The van der Waals surface area contributed by atoms with Gasteiger partial charge in [0.15, 0.2) is 11.6 Å². The molecule has 0 bridgehead atoms. The van der Waals surface area contributed by atoms with Crippen LogP contribution >= 0.6 is 0 Å². The SMILES string of the molecule is CCNC(CCOc1ccccc1F)C(=O)OCC. The van der Waals surface area contributed by atoms with Gasteiger partial charge in [-0.2, -0.15) is 0 Å². The molecule has 0 heterocycles. The molecular formula is C14H20FNO3. The van der Waals surface area contributed by atoms with Crippen molar-refractivity contribution in [3.8, 4) is 5.75 Å². The van der Waals surface area contributed by atoms with Crippen LogP contribution < -0.4 is 10.1 Å². The predicted molar refractivity (Wildman–Crippen MR) is 70.6 cm³/mol. The van der Waals surface area contributed by atoms with E-state index >= 15 is 0 Å². The van der Waals surface area contributed by atoms with E-state index in [-0.39, 0.29) is 18.3 Å². The second kappa shape index (κ2) is 8.48. The maximum absolute atomic E-state index is 13.3. The zero-order valence-electron chi connectivity index (χ0n) is 11.3. The van der Waals surface area contributed by atoms with Gasteiger partial charge in [-0.05, 0) is 25.6 Å². The molecule has 106 valence electrons. The highest BCUT2D eigenvalue weighted by atomic mass is 19.1. The highest BCUT2D eigenvalue weighted by Gasteiger charge is 2.18. The molecule has 0 aliphatic rings. The summed E-state index contributed by atoms with van der Waals surface area (Å²) in [6.45, 7) is 4.91. The van der Waals surface area contributed by atoms with Gasteiger partial charge < -0.3 is 14.8 Å². The summed E-state index contributed by atoms with van der Waals surface area (Å²) in [5, 5.41) is 3.02. The highest BCUT2D eigenvalue weighted by Crippen LogP contribution is 2.15. The van der Waals surface area contributed by atoms with Crippen LogP contribution in [-0.4, -0.2) is 31.8 Å². The molecule has 4 nitrogen and oxygen atoms in total. The number of benzene rings is 1. The first-order valence-electron chi connectivity index (χ1n) is 6.46. The number of rotatable bonds is 8. The fourth-order valence-corrected chi connectivity index (χ4v) is 1.64. The molecule has 1 N–H and O–H groups in total. The van der Waals surface area contributed by atoms with Crippen molar-refractivity contribution in [2.75, 3.05) is 19.8 Å². The molecule has 1 unspecified atom stereocenters. The van der Waals surface area contributed by atoms with E-state index in [0.29, 0.717) is 19.6 Å². The molecule has 0 aromatic heterocycles. The molecule has 0 saturated heterocycles. The van der Waals surface area contributed by atoms with E-state index in [4.69, 9.17) is 9.47 Å². The Morgan fingerprint density at radius 1 is 1.37 bits per heavy atom. The number of esters is 1. The van der Waals surface area contributed by atoms with Crippen LogP contribution in [0.25, 0.3) is 0 Å². The zero-order chi connectivity index (χ0) is 14.1. The minimum absolute atomic E-state index is 0.196. The van der Waals surface area contributed by atoms with Crippen LogP contribution in [0.1, 0.15) is 20.3 Å². The molecule has 0 aliphatic heterocycles. The summed E-state index contributed by atoms with van der Waals surface area (Å²) in [7, 11) is 0. The standard InChI is InChI=1S/C14H20FNO3/c1-3-16-12(14(17)18-4-2)9-10-19-13-8-6-5-7-11(13)15/h5-8,12,16H,3-4,9-10H2,1-2H3. The summed E-state index contributed by atoms with van der Waals surface area (Å²) in [5.41, 5.74) is 0. The quantitative estimate of drug-likeness (QED) is 0.734. The van der Waals surface area contributed by atoms with E-state index in [1.807, 2.05) is 6.92 Å². The van der Waals surface area contributed by atoms with Gasteiger partial charge >= 0.3 is 5.97 Å². The molecule has 0 spiro atoms. The lowest BCUT2D eigenvalue weighted by Crippen LogP contribution is -2.39. The van der Waals surface area contributed by atoms with Crippen LogP contribution in [0.15, 0.2) is 24.3 Å². The van der Waals surface area contributed by atoms with Crippen molar-refractivity contribution in [2.45, 2.75) is 26.3 Å². The molecule has 1 aromatic carbocycles. The van der Waals surface area contributed by atoms with Crippen molar-refractivity contribution < 1.29 is 18.7 Å². The van der Waals surface area contributed by atoms with Crippen LogP contribution in [0, 0.1) is 5.82 Å². The molecule has 1 atom stereocenters. The van der Waals surface area contributed by atoms with Gasteiger partial charge in [0.1, 0.15) is 6.04 Å². The van der Waals surface area contributed by atoms with E-state index in [2.05, 4.69) is 5.32 Å². The van der Waals surface area contributed by atoms with E-state index in [9.17, 15) is 9.18 Å².